The quantitative estimate of drug-likeness (QED) is 0.730. The number of para-hydroxylation sites is 2. The molecule has 8 heteroatoms. The number of oxazole rings is 1. The van der Waals surface area contributed by atoms with E-state index in [1.165, 1.54) is 0 Å². The number of hydrogen-bond donors (Lipinski definition) is 0. The second-order valence-corrected chi connectivity index (χ2v) is 6.56. The number of nitrogens with zero attached hydrogens (tertiary/aromatic N) is 6. The van der Waals surface area contributed by atoms with Gasteiger partial charge in [0.25, 0.3) is 6.01 Å². The summed E-state index contributed by atoms with van der Waals surface area (Å²) in [6, 6.07) is 8.71. The van der Waals surface area contributed by atoms with E-state index in [-0.39, 0.29) is 12.1 Å². The number of fused-ring (bicyclic) bond motifs is 1. The first kappa shape index (κ1) is 14.3. The molecule has 25 heavy (non-hydrogen) atoms. The molecule has 0 spiro atoms. The molecule has 8 nitrogen and oxygen atoms in total. The Hall–Kier alpha value is -3.03. The Bertz CT molecular complexity index is 908. The van der Waals surface area contributed by atoms with Gasteiger partial charge in [-0.3, -0.25) is 9.58 Å². The molecule has 0 atom stereocenters. The molecular formula is C17H18N6O2. The summed E-state index contributed by atoms with van der Waals surface area (Å²) >= 11 is 0. The summed E-state index contributed by atoms with van der Waals surface area (Å²) in [6.45, 7) is 3.04. The number of rotatable bonds is 3. The third-order valence-corrected chi connectivity index (χ3v) is 4.91. The van der Waals surface area contributed by atoms with Gasteiger partial charge in [-0.15, -0.1) is 0 Å². The van der Waals surface area contributed by atoms with E-state index >= 15 is 0 Å². The van der Waals surface area contributed by atoms with E-state index in [0.29, 0.717) is 12.6 Å². The van der Waals surface area contributed by atoms with E-state index in [0.717, 1.165) is 36.4 Å². The molecule has 0 unspecified atom stereocenters. The van der Waals surface area contributed by atoms with E-state index in [1.54, 1.807) is 16.0 Å². The van der Waals surface area contributed by atoms with Crippen LogP contribution in [0.4, 0.5) is 16.5 Å². The molecule has 128 valence electrons. The minimum atomic E-state index is 0.0289. The Labute approximate surface area is 144 Å². The van der Waals surface area contributed by atoms with Crippen LogP contribution in [-0.4, -0.2) is 58.9 Å². The van der Waals surface area contributed by atoms with Gasteiger partial charge in [0.15, 0.2) is 5.58 Å². The molecule has 3 aromatic rings. The van der Waals surface area contributed by atoms with Crippen molar-refractivity contribution >= 4 is 28.8 Å². The van der Waals surface area contributed by atoms with Crippen molar-refractivity contribution in [1.29, 1.82) is 0 Å². The summed E-state index contributed by atoms with van der Waals surface area (Å²) in [6.07, 6.45) is 3.71. The molecule has 4 heterocycles. The fourth-order valence-electron chi connectivity index (χ4n) is 3.33. The van der Waals surface area contributed by atoms with Gasteiger partial charge in [0, 0.05) is 39.4 Å². The molecule has 2 aliphatic rings. The van der Waals surface area contributed by atoms with Crippen LogP contribution in [0.5, 0.6) is 0 Å². The van der Waals surface area contributed by atoms with E-state index in [9.17, 15) is 4.79 Å². The first-order valence-corrected chi connectivity index (χ1v) is 8.36. The first-order chi connectivity index (χ1) is 12.2. The zero-order valence-corrected chi connectivity index (χ0v) is 13.9. The molecule has 2 aromatic heterocycles. The number of anilines is 2. The van der Waals surface area contributed by atoms with Gasteiger partial charge in [-0.25, -0.2) is 4.79 Å². The van der Waals surface area contributed by atoms with Gasteiger partial charge in [-0.2, -0.15) is 10.1 Å². The van der Waals surface area contributed by atoms with Crippen molar-refractivity contribution < 1.29 is 9.21 Å². The van der Waals surface area contributed by atoms with Gasteiger partial charge in [-0.1, -0.05) is 12.1 Å². The second kappa shape index (κ2) is 5.23. The Morgan fingerprint density at radius 3 is 2.80 bits per heavy atom. The van der Waals surface area contributed by atoms with Crippen LogP contribution < -0.4 is 9.80 Å². The molecule has 5 rings (SSSR count). The smallest absolute Gasteiger partial charge is 0.324 e. The van der Waals surface area contributed by atoms with Crippen LogP contribution in [0.1, 0.15) is 6.04 Å². The van der Waals surface area contributed by atoms with Crippen molar-refractivity contribution in [3.63, 3.8) is 0 Å². The normalized spacial score (nSPS) is 18.4. The van der Waals surface area contributed by atoms with Crippen molar-refractivity contribution in [2.45, 2.75) is 6.04 Å². The molecule has 0 N–H and O–H groups in total. The molecule has 0 saturated carbocycles. The van der Waals surface area contributed by atoms with Crippen LogP contribution >= 0.6 is 0 Å². The highest BCUT2D eigenvalue weighted by molar-refractivity contribution is 5.93. The molecule has 1 aromatic carbocycles. The molecule has 2 saturated heterocycles. The highest BCUT2D eigenvalue weighted by atomic mass is 16.4. The largest absolute Gasteiger partial charge is 0.423 e. The summed E-state index contributed by atoms with van der Waals surface area (Å²) in [7, 11) is 1.82. The van der Waals surface area contributed by atoms with Gasteiger partial charge in [-0.05, 0) is 12.1 Å². The number of carbonyl (C=O) groups is 1. The standard InChI is InChI=1S/C17H18N6O2/c1-20-6-7-22(17(20)24)12-8-18-23(11-12)13-9-21(10-13)16-19-14-4-2-3-5-15(14)25-16/h2-5,8,11,13H,6-7,9-10H2,1H3. The van der Waals surface area contributed by atoms with E-state index in [1.807, 2.05) is 42.2 Å². The minimum Gasteiger partial charge on any atom is -0.423 e. The maximum absolute atomic E-state index is 12.1. The molecular weight excluding hydrogens is 320 g/mol. The van der Waals surface area contributed by atoms with E-state index in [2.05, 4.69) is 15.0 Å². The van der Waals surface area contributed by atoms with E-state index < -0.39 is 0 Å². The molecule has 0 aliphatic carbocycles. The number of carbonyl (C=O) groups excluding carboxylic acids is 1. The molecule has 0 bridgehead atoms. The summed E-state index contributed by atoms with van der Waals surface area (Å²) in [5.41, 5.74) is 2.53. The summed E-state index contributed by atoms with van der Waals surface area (Å²) < 4.78 is 7.73. The minimum absolute atomic E-state index is 0.0289. The average molecular weight is 338 g/mol. The first-order valence-electron chi connectivity index (χ1n) is 8.36. The Kier molecular flexibility index (Phi) is 3.00. The van der Waals surface area contributed by atoms with Crippen molar-refractivity contribution in [2.75, 3.05) is 43.0 Å². The summed E-state index contributed by atoms with van der Waals surface area (Å²) in [5, 5.41) is 4.44. The number of aromatic nitrogens is 3. The predicted octanol–water partition coefficient (Wildman–Crippen LogP) is 1.96. The summed E-state index contributed by atoms with van der Waals surface area (Å²) in [5.74, 6) is 0. The monoisotopic (exact) mass is 338 g/mol. The number of urea groups is 1. The number of likely N-dealkylation sites (N-methyl/N-ethyl adjacent to an activating group) is 1. The van der Waals surface area contributed by atoms with Crippen molar-refractivity contribution in [1.82, 2.24) is 19.7 Å². The fourth-order valence-corrected chi connectivity index (χ4v) is 3.33. The van der Waals surface area contributed by atoms with E-state index in [4.69, 9.17) is 4.42 Å². The van der Waals surface area contributed by atoms with Crippen molar-refractivity contribution in [2.24, 2.45) is 0 Å². The second-order valence-electron chi connectivity index (χ2n) is 6.56. The topological polar surface area (TPSA) is 70.6 Å². The zero-order chi connectivity index (χ0) is 17.0. The van der Waals surface area contributed by atoms with Crippen LogP contribution in [0.25, 0.3) is 11.1 Å². The maximum Gasteiger partial charge on any atom is 0.324 e. The fraction of sp³-hybridized carbons (Fsp3) is 0.353. The summed E-state index contributed by atoms with van der Waals surface area (Å²) in [4.78, 5) is 22.2. The average Bonchev–Trinajstić information content (AvgIpc) is 3.26. The SMILES string of the molecule is CN1CCN(c2cnn(C3CN(c4nc5ccccc5o4)C3)c2)C1=O. The van der Waals surface area contributed by atoms with Crippen LogP contribution in [0.15, 0.2) is 41.1 Å². The maximum atomic E-state index is 12.1. The highest BCUT2D eigenvalue weighted by Gasteiger charge is 2.33. The molecule has 2 aliphatic heterocycles. The van der Waals surface area contributed by atoms with Crippen LogP contribution in [-0.2, 0) is 0 Å². The lowest BCUT2D eigenvalue weighted by atomic mass is 10.1. The van der Waals surface area contributed by atoms with Gasteiger partial charge < -0.3 is 14.2 Å². The third-order valence-electron chi connectivity index (χ3n) is 4.91. The third kappa shape index (κ3) is 2.25. The van der Waals surface area contributed by atoms with Gasteiger partial charge >= 0.3 is 6.03 Å². The number of benzene rings is 1. The van der Waals surface area contributed by atoms with Crippen LogP contribution in [0, 0.1) is 0 Å². The number of amides is 2. The Morgan fingerprint density at radius 2 is 2.04 bits per heavy atom. The van der Waals surface area contributed by atoms with Crippen LogP contribution in [0.3, 0.4) is 0 Å². The predicted molar refractivity (Wildman–Crippen MR) is 92.9 cm³/mol. The Morgan fingerprint density at radius 1 is 1.20 bits per heavy atom. The lowest BCUT2D eigenvalue weighted by Gasteiger charge is -2.37. The Balaban J connectivity index is 1.28. The van der Waals surface area contributed by atoms with Crippen molar-refractivity contribution in [3.05, 3.63) is 36.7 Å². The lowest BCUT2D eigenvalue weighted by Crippen LogP contribution is -2.48. The molecule has 2 amide bonds. The molecule has 0 radical (unpaired) electrons. The zero-order valence-electron chi connectivity index (χ0n) is 13.9. The van der Waals surface area contributed by atoms with Gasteiger partial charge in [0.2, 0.25) is 0 Å². The van der Waals surface area contributed by atoms with Gasteiger partial charge in [0.05, 0.1) is 17.9 Å². The van der Waals surface area contributed by atoms with Gasteiger partial charge in [0.1, 0.15) is 5.52 Å². The molecule has 2 fully saturated rings. The lowest BCUT2D eigenvalue weighted by molar-refractivity contribution is 0.229. The van der Waals surface area contributed by atoms with Crippen LogP contribution in [0.2, 0.25) is 0 Å². The van der Waals surface area contributed by atoms with Crippen molar-refractivity contribution in [3.8, 4) is 0 Å². The highest BCUT2D eigenvalue weighted by Crippen LogP contribution is 2.30. The number of hydrogen-bond acceptors (Lipinski definition) is 5.